The summed E-state index contributed by atoms with van der Waals surface area (Å²) in [6.07, 6.45) is 4.80. The van der Waals surface area contributed by atoms with Crippen molar-refractivity contribution in [3.8, 4) is 5.75 Å². The van der Waals surface area contributed by atoms with Gasteiger partial charge in [0, 0.05) is 37.4 Å². The zero-order valence-electron chi connectivity index (χ0n) is 19.9. The predicted octanol–water partition coefficient (Wildman–Crippen LogP) is 4.33. The fraction of sp³-hybridized carbons (Fsp3) is 0.500. The maximum atomic E-state index is 5.78. The van der Waals surface area contributed by atoms with Gasteiger partial charge >= 0.3 is 0 Å². The first-order chi connectivity index (χ1) is 16.2. The average molecular weight is 447 g/mol. The third-order valence-corrected chi connectivity index (χ3v) is 7.25. The minimum absolute atomic E-state index is 0.0301. The molecule has 0 N–H and O–H groups in total. The number of nitrogens with zero attached hydrogens (tertiary/aromatic N) is 6. The van der Waals surface area contributed by atoms with Crippen LogP contribution in [0.4, 0.5) is 5.69 Å². The topological polar surface area (TPSA) is 59.3 Å². The van der Waals surface area contributed by atoms with E-state index in [1.807, 2.05) is 12.1 Å². The summed E-state index contributed by atoms with van der Waals surface area (Å²) >= 11 is 0. The van der Waals surface area contributed by atoms with Crippen LogP contribution in [0.1, 0.15) is 60.3 Å². The lowest BCUT2D eigenvalue weighted by Gasteiger charge is -2.40. The number of tetrazole rings is 1. The van der Waals surface area contributed by atoms with Gasteiger partial charge in [0.15, 0.2) is 5.82 Å². The number of anilines is 1. The maximum Gasteiger partial charge on any atom is 0.173 e. The molecule has 1 saturated heterocycles. The summed E-state index contributed by atoms with van der Waals surface area (Å²) in [6.45, 7) is 8.19. The van der Waals surface area contributed by atoms with Gasteiger partial charge in [0.05, 0.1) is 13.2 Å². The molecule has 1 aliphatic heterocycles. The summed E-state index contributed by atoms with van der Waals surface area (Å²) in [5.41, 5.74) is 5.12. The van der Waals surface area contributed by atoms with Gasteiger partial charge in [-0.25, -0.2) is 4.68 Å². The van der Waals surface area contributed by atoms with E-state index in [0.717, 1.165) is 56.2 Å². The number of piperazine rings is 1. The number of rotatable bonds is 6. The van der Waals surface area contributed by atoms with Crippen LogP contribution >= 0.6 is 0 Å². The highest BCUT2D eigenvalue weighted by Crippen LogP contribution is 2.38. The van der Waals surface area contributed by atoms with Gasteiger partial charge in [0.2, 0.25) is 0 Å². The van der Waals surface area contributed by atoms with E-state index >= 15 is 0 Å². The minimum atomic E-state index is -0.0301. The molecule has 0 bridgehead atoms. The molecule has 33 heavy (non-hydrogen) atoms. The Morgan fingerprint density at radius 3 is 2.48 bits per heavy atom. The quantitative estimate of drug-likeness (QED) is 0.562. The molecular formula is C26H34N6O. The van der Waals surface area contributed by atoms with E-state index in [1.165, 1.54) is 29.7 Å². The lowest BCUT2D eigenvalue weighted by Crippen LogP contribution is -2.48. The van der Waals surface area contributed by atoms with Gasteiger partial charge in [-0.15, -0.1) is 5.10 Å². The molecule has 0 amide bonds. The number of hydrogen-bond acceptors (Lipinski definition) is 6. The Labute approximate surface area is 196 Å². The second-order valence-corrected chi connectivity index (χ2v) is 9.38. The van der Waals surface area contributed by atoms with Crippen molar-refractivity contribution in [2.75, 3.05) is 38.2 Å². The van der Waals surface area contributed by atoms with Gasteiger partial charge < -0.3 is 9.64 Å². The second-order valence-electron chi connectivity index (χ2n) is 9.38. The maximum absolute atomic E-state index is 5.78. The van der Waals surface area contributed by atoms with Gasteiger partial charge in [0.25, 0.3) is 0 Å². The minimum Gasteiger partial charge on any atom is -0.496 e. The standard InChI is InChI=1S/C26H34N6O/c1-19-12-13-20(2)23(18-19)30-14-16-31(17-15-30)25(22-10-6-7-11-24(22)33-3)26-27-28-29-32(26)21-8-4-5-9-21/h6-7,10-13,18,21,25H,4-5,8-9,14-17H2,1-3H3/t25-/m1/s1. The molecular weight excluding hydrogens is 412 g/mol. The lowest BCUT2D eigenvalue weighted by atomic mass is 10.0. The van der Waals surface area contributed by atoms with Crippen molar-refractivity contribution in [1.29, 1.82) is 0 Å². The highest BCUT2D eigenvalue weighted by atomic mass is 16.5. The molecule has 2 aliphatic rings. The molecule has 174 valence electrons. The zero-order chi connectivity index (χ0) is 22.8. The monoisotopic (exact) mass is 446 g/mol. The van der Waals surface area contributed by atoms with Crippen molar-refractivity contribution in [1.82, 2.24) is 25.1 Å². The second kappa shape index (κ2) is 9.51. The molecule has 2 aromatic carbocycles. The fourth-order valence-electron chi connectivity index (χ4n) is 5.46. The molecule has 2 fully saturated rings. The molecule has 1 aliphatic carbocycles. The molecule has 7 heteroatoms. The Hall–Kier alpha value is -2.93. The van der Waals surface area contributed by atoms with E-state index in [1.54, 1.807) is 7.11 Å². The van der Waals surface area contributed by atoms with Gasteiger partial charge in [0.1, 0.15) is 11.8 Å². The average Bonchev–Trinajstić information content (AvgIpc) is 3.54. The first-order valence-electron chi connectivity index (χ1n) is 12.1. The molecule has 0 radical (unpaired) electrons. The summed E-state index contributed by atoms with van der Waals surface area (Å²) in [7, 11) is 1.74. The zero-order valence-corrected chi connectivity index (χ0v) is 19.9. The molecule has 2 heterocycles. The Bertz CT molecular complexity index is 1080. The van der Waals surface area contributed by atoms with Crippen LogP contribution in [-0.2, 0) is 0 Å². The van der Waals surface area contributed by atoms with Crippen LogP contribution in [0.2, 0.25) is 0 Å². The first-order valence-corrected chi connectivity index (χ1v) is 12.1. The molecule has 1 atom stereocenters. The van der Waals surface area contributed by atoms with Gasteiger partial charge in [-0.3, -0.25) is 4.90 Å². The van der Waals surface area contributed by atoms with Crippen molar-refractivity contribution >= 4 is 5.69 Å². The molecule has 7 nitrogen and oxygen atoms in total. The number of aromatic nitrogens is 4. The third-order valence-electron chi connectivity index (χ3n) is 7.25. The van der Waals surface area contributed by atoms with Crippen LogP contribution < -0.4 is 9.64 Å². The third kappa shape index (κ3) is 4.34. The predicted molar refractivity (Wildman–Crippen MR) is 130 cm³/mol. The molecule has 1 aromatic heterocycles. The van der Waals surface area contributed by atoms with E-state index in [2.05, 4.69) is 74.2 Å². The van der Waals surface area contributed by atoms with E-state index in [4.69, 9.17) is 4.74 Å². The van der Waals surface area contributed by atoms with E-state index in [-0.39, 0.29) is 6.04 Å². The normalized spacial score (nSPS) is 18.6. The number of methoxy groups -OCH3 is 1. The molecule has 5 rings (SSSR count). The van der Waals surface area contributed by atoms with Crippen molar-refractivity contribution in [2.45, 2.75) is 51.6 Å². The SMILES string of the molecule is COc1ccccc1[C@H](c1nnnn1C1CCCC1)N1CCN(c2cc(C)ccc2C)CC1. The number of para-hydroxylation sites is 1. The smallest absolute Gasteiger partial charge is 0.173 e. The van der Waals surface area contributed by atoms with Crippen molar-refractivity contribution < 1.29 is 4.74 Å². The number of hydrogen-bond donors (Lipinski definition) is 0. The van der Waals surface area contributed by atoms with E-state index in [9.17, 15) is 0 Å². The molecule has 1 saturated carbocycles. The summed E-state index contributed by atoms with van der Waals surface area (Å²) in [6, 6.07) is 15.4. The van der Waals surface area contributed by atoms with Gasteiger partial charge in [-0.2, -0.15) is 0 Å². The largest absolute Gasteiger partial charge is 0.496 e. The van der Waals surface area contributed by atoms with Crippen molar-refractivity contribution in [3.63, 3.8) is 0 Å². The van der Waals surface area contributed by atoms with Crippen LogP contribution in [0, 0.1) is 13.8 Å². The van der Waals surface area contributed by atoms with Gasteiger partial charge in [-0.05, 0) is 60.4 Å². The molecule has 0 spiro atoms. The summed E-state index contributed by atoms with van der Waals surface area (Å²) in [5.74, 6) is 1.83. The van der Waals surface area contributed by atoms with Crippen LogP contribution in [0.3, 0.4) is 0 Å². The number of aryl methyl sites for hydroxylation is 2. The summed E-state index contributed by atoms with van der Waals surface area (Å²) < 4.78 is 7.88. The van der Waals surface area contributed by atoms with Crippen LogP contribution in [-0.4, -0.2) is 58.4 Å². The number of ether oxygens (including phenoxy) is 1. The van der Waals surface area contributed by atoms with Crippen LogP contribution in [0.15, 0.2) is 42.5 Å². The van der Waals surface area contributed by atoms with E-state index < -0.39 is 0 Å². The Kier molecular flexibility index (Phi) is 6.31. The fourth-order valence-corrected chi connectivity index (χ4v) is 5.46. The van der Waals surface area contributed by atoms with Gasteiger partial charge in [-0.1, -0.05) is 43.2 Å². The Morgan fingerprint density at radius 1 is 0.970 bits per heavy atom. The molecule has 3 aromatic rings. The highest BCUT2D eigenvalue weighted by molar-refractivity contribution is 5.55. The first kappa shape index (κ1) is 21.9. The van der Waals surface area contributed by atoms with Crippen molar-refractivity contribution in [2.24, 2.45) is 0 Å². The van der Waals surface area contributed by atoms with Crippen molar-refractivity contribution in [3.05, 3.63) is 65.0 Å². The number of benzene rings is 2. The Morgan fingerprint density at radius 2 is 1.73 bits per heavy atom. The van der Waals surface area contributed by atoms with Crippen LogP contribution in [0.25, 0.3) is 0 Å². The molecule has 0 unspecified atom stereocenters. The Balaban J connectivity index is 1.46. The summed E-state index contributed by atoms with van der Waals surface area (Å²) in [4.78, 5) is 5.04. The lowest BCUT2D eigenvalue weighted by molar-refractivity contribution is 0.194. The summed E-state index contributed by atoms with van der Waals surface area (Å²) in [5, 5.41) is 13.2. The highest BCUT2D eigenvalue weighted by Gasteiger charge is 2.34. The van der Waals surface area contributed by atoms with E-state index in [0.29, 0.717) is 6.04 Å². The van der Waals surface area contributed by atoms with Crippen LogP contribution in [0.5, 0.6) is 5.75 Å².